The SMILES string of the molecule is C=CCn1c(S[C@@H](C)C(=O)Nc2nc(C)cs2)nnc1-c1ccccc1OC. The van der Waals surface area contributed by atoms with Crippen molar-refractivity contribution in [1.29, 1.82) is 0 Å². The number of ether oxygens (including phenoxy) is 1. The number of benzene rings is 1. The molecule has 0 radical (unpaired) electrons. The fraction of sp³-hybridized carbons (Fsp3) is 0.263. The van der Waals surface area contributed by atoms with Crippen LogP contribution in [-0.2, 0) is 11.3 Å². The van der Waals surface area contributed by atoms with E-state index < -0.39 is 0 Å². The van der Waals surface area contributed by atoms with Crippen LogP contribution in [-0.4, -0.2) is 38.0 Å². The number of aryl methyl sites for hydroxylation is 1. The van der Waals surface area contributed by atoms with Crippen LogP contribution < -0.4 is 10.1 Å². The van der Waals surface area contributed by atoms with Crippen molar-refractivity contribution in [2.75, 3.05) is 12.4 Å². The van der Waals surface area contributed by atoms with Gasteiger partial charge in [-0.15, -0.1) is 28.1 Å². The number of allylic oxidation sites excluding steroid dienone is 1. The number of methoxy groups -OCH3 is 1. The summed E-state index contributed by atoms with van der Waals surface area (Å²) in [4.78, 5) is 16.8. The third-order valence-electron chi connectivity index (χ3n) is 3.88. The summed E-state index contributed by atoms with van der Waals surface area (Å²) in [5.74, 6) is 1.25. The van der Waals surface area contributed by atoms with Gasteiger partial charge in [-0.05, 0) is 26.0 Å². The lowest BCUT2D eigenvalue weighted by Gasteiger charge is -2.13. The molecule has 0 saturated heterocycles. The number of nitrogens with zero attached hydrogens (tertiary/aromatic N) is 4. The van der Waals surface area contributed by atoms with Crippen molar-refractivity contribution in [3.63, 3.8) is 0 Å². The first kappa shape index (κ1) is 20.1. The largest absolute Gasteiger partial charge is 0.496 e. The first-order chi connectivity index (χ1) is 13.5. The van der Waals surface area contributed by atoms with Gasteiger partial charge in [-0.2, -0.15) is 0 Å². The molecule has 7 nitrogen and oxygen atoms in total. The predicted octanol–water partition coefficient (Wildman–Crippen LogP) is 4.02. The number of thioether (sulfide) groups is 1. The van der Waals surface area contributed by atoms with Crippen LogP contribution in [0.1, 0.15) is 12.6 Å². The Morgan fingerprint density at radius 2 is 2.21 bits per heavy atom. The van der Waals surface area contributed by atoms with Crippen LogP contribution in [0.4, 0.5) is 5.13 Å². The molecule has 1 atom stereocenters. The number of para-hydroxylation sites is 1. The van der Waals surface area contributed by atoms with Gasteiger partial charge in [0.1, 0.15) is 5.75 Å². The van der Waals surface area contributed by atoms with Crippen molar-refractivity contribution in [1.82, 2.24) is 19.7 Å². The minimum Gasteiger partial charge on any atom is -0.496 e. The van der Waals surface area contributed by atoms with E-state index in [1.807, 2.05) is 48.1 Å². The summed E-state index contributed by atoms with van der Waals surface area (Å²) >= 11 is 2.74. The second-order valence-electron chi connectivity index (χ2n) is 5.95. The van der Waals surface area contributed by atoms with Crippen molar-refractivity contribution in [3.05, 3.63) is 48.0 Å². The van der Waals surface area contributed by atoms with Crippen LogP contribution >= 0.6 is 23.1 Å². The second-order valence-corrected chi connectivity index (χ2v) is 8.12. The fourth-order valence-electron chi connectivity index (χ4n) is 2.53. The van der Waals surface area contributed by atoms with Crippen LogP contribution in [0.2, 0.25) is 0 Å². The molecule has 1 amide bonds. The van der Waals surface area contributed by atoms with Gasteiger partial charge >= 0.3 is 0 Å². The van der Waals surface area contributed by atoms with E-state index in [0.717, 1.165) is 11.3 Å². The van der Waals surface area contributed by atoms with Gasteiger partial charge in [0.25, 0.3) is 0 Å². The van der Waals surface area contributed by atoms with E-state index in [-0.39, 0.29) is 11.2 Å². The summed E-state index contributed by atoms with van der Waals surface area (Å²) in [5.41, 5.74) is 1.72. The predicted molar refractivity (Wildman–Crippen MR) is 113 cm³/mol. The number of carbonyl (C=O) groups excluding carboxylic acids is 1. The van der Waals surface area contributed by atoms with Gasteiger partial charge in [0.05, 0.1) is 23.6 Å². The Kier molecular flexibility index (Phi) is 6.48. The van der Waals surface area contributed by atoms with Crippen molar-refractivity contribution in [2.45, 2.75) is 30.8 Å². The molecule has 2 heterocycles. The summed E-state index contributed by atoms with van der Waals surface area (Å²) in [6, 6.07) is 7.63. The Morgan fingerprint density at radius 1 is 1.43 bits per heavy atom. The zero-order valence-corrected chi connectivity index (χ0v) is 17.5. The monoisotopic (exact) mass is 415 g/mol. The van der Waals surface area contributed by atoms with Gasteiger partial charge in [-0.1, -0.05) is 30.0 Å². The van der Waals surface area contributed by atoms with E-state index >= 15 is 0 Å². The molecule has 0 unspecified atom stereocenters. The number of anilines is 1. The number of hydrogen-bond donors (Lipinski definition) is 1. The highest BCUT2D eigenvalue weighted by molar-refractivity contribution is 8.00. The topological polar surface area (TPSA) is 81.9 Å². The Balaban J connectivity index is 1.83. The van der Waals surface area contributed by atoms with Crippen LogP contribution in [0.3, 0.4) is 0 Å². The number of amides is 1. The van der Waals surface area contributed by atoms with E-state index in [4.69, 9.17) is 4.74 Å². The van der Waals surface area contributed by atoms with E-state index in [1.165, 1.54) is 23.1 Å². The zero-order valence-electron chi connectivity index (χ0n) is 15.9. The average molecular weight is 416 g/mol. The number of carbonyl (C=O) groups is 1. The Morgan fingerprint density at radius 3 is 2.89 bits per heavy atom. The number of thiazole rings is 1. The van der Waals surface area contributed by atoms with Gasteiger partial charge in [-0.3, -0.25) is 9.36 Å². The molecule has 0 aliphatic carbocycles. The number of aromatic nitrogens is 4. The molecular weight excluding hydrogens is 394 g/mol. The molecule has 1 aromatic carbocycles. The molecular formula is C19H21N5O2S2. The molecule has 3 rings (SSSR count). The lowest BCUT2D eigenvalue weighted by atomic mass is 10.2. The molecule has 3 aromatic rings. The first-order valence-corrected chi connectivity index (χ1v) is 10.4. The number of nitrogens with one attached hydrogen (secondary N) is 1. The van der Waals surface area contributed by atoms with Gasteiger partial charge in [0.2, 0.25) is 5.91 Å². The van der Waals surface area contributed by atoms with E-state index in [0.29, 0.717) is 28.4 Å². The van der Waals surface area contributed by atoms with Crippen LogP contribution in [0, 0.1) is 6.92 Å². The molecule has 0 aliphatic heterocycles. The highest BCUT2D eigenvalue weighted by Gasteiger charge is 2.22. The van der Waals surface area contributed by atoms with Crippen molar-refractivity contribution in [2.24, 2.45) is 0 Å². The van der Waals surface area contributed by atoms with Crippen molar-refractivity contribution in [3.8, 4) is 17.1 Å². The van der Waals surface area contributed by atoms with Gasteiger partial charge < -0.3 is 10.1 Å². The molecule has 2 aromatic heterocycles. The normalized spacial score (nSPS) is 11.8. The summed E-state index contributed by atoms with van der Waals surface area (Å²) in [5, 5.41) is 14.2. The van der Waals surface area contributed by atoms with Crippen LogP contribution in [0.5, 0.6) is 5.75 Å². The Bertz CT molecular complexity index is 982. The maximum atomic E-state index is 12.5. The van der Waals surface area contributed by atoms with E-state index in [9.17, 15) is 4.79 Å². The quantitative estimate of drug-likeness (QED) is 0.442. The van der Waals surface area contributed by atoms with Gasteiger partial charge in [-0.25, -0.2) is 4.98 Å². The van der Waals surface area contributed by atoms with Crippen molar-refractivity contribution < 1.29 is 9.53 Å². The summed E-state index contributed by atoms with van der Waals surface area (Å²) in [7, 11) is 1.62. The molecule has 0 aliphatic rings. The first-order valence-electron chi connectivity index (χ1n) is 8.60. The highest BCUT2D eigenvalue weighted by Crippen LogP contribution is 2.32. The summed E-state index contributed by atoms with van der Waals surface area (Å²) < 4.78 is 7.37. The lowest BCUT2D eigenvalue weighted by Crippen LogP contribution is -2.22. The molecule has 0 spiro atoms. The smallest absolute Gasteiger partial charge is 0.239 e. The highest BCUT2D eigenvalue weighted by atomic mass is 32.2. The minimum absolute atomic E-state index is 0.133. The Labute approximate surface area is 171 Å². The van der Waals surface area contributed by atoms with Gasteiger partial charge in [0, 0.05) is 11.9 Å². The Hall–Kier alpha value is -2.65. The van der Waals surface area contributed by atoms with Crippen molar-refractivity contribution >= 4 is 34.1 Å². The molecule has 9 heteroatoms. The fourth-order valence-corrected chi connectivity index (χ4v) is 4.08. The van der Waals surface area contributed by atoms with Crippen LogP contribution in [0.15, 0.2) is 47.5 Å². The molecule has 146 valence electrons. The lowest BCUT2D eigenvalue weighted by molar-refractivity contribution is -0.115. The third kappa shape index (κ3) is 4.42. The van der Waals surface area contributed by atoms with E-state index in [1.54, 1.807) is 13.2 Å². The molecule has 0 bridgehead atoms. The average Bonchev–Trinajstić information content (AvgIpc) is 3.28. The van der Waals surface area contributed by atoms with Crippen LogP contribution in [0.25, 0.3) is 11.4 Å². The summed E-state index contributed by atoms with van der Waals surface area (Å²) in [6.45, 7) is 8.06. The molecule has 1 N–H and O–H groups in total. The minimum atomic E-state index is -0.373. The summed E-state index contributed by atoms with van der Waals surface area (Å²) in [6.07, 6.45) is 1.77. The molecule has 0 saturated carbocycles. The number of hydrogen-bond acceptors (Lipinski definition) is 7. The van der Waals surface area contributed by atoms with E-state index in [2.05, 4.69) is 27.1 Å². The third-order valence-corrected chi connectivity index (χ3v) is 5.83. The molecule has 28 heavy (non-hydrogen) atoms. The standard InChI is InChI=1S/C19H21N5O2S2/c1-5-10-24-16(14-8-6-7-9-15(14)26-4)22-23-19(24)28-13(3)17(25)21-18-20-12(2)11-27-18/h5-9,11,13H,1,10H2,2-4H3,(H,20,21,25)/t13-/m0/s1. The molecule has 0 fully saturated rings. The second kappa shape index (κ2) is 9.03. The number of rotatable bonds is 8. The maximum absolute atomic E-state index is 12.5. The van der Waals surface area contributed by atoms with Gasteiger partial charge in [0.15, 0.2) is 16.1 Å². The maximum Gasteiger partial charge on any atom is 0.239 e. The zero-order chi connectivity index (χ0) is 20.1.